The summed E-state index contributed by atoms with van der Waals surface area (Å²) in [5, 5.41) is 2.06. The Morgan fingerprint density at radius 3 is 2.71 bits per heavy atom. The predicted octanol–water partition coefficient (Wildman–Crippen LogP) is 3.50. The van der Waals surface area contributed by atoms with Crippen LogP contribution in [0.1, 0.15) is 5.69 Å². The van der Waals surface area contributed by atoms with Gasteiger partial charge in [0.1, 0.15) is 5.82 Å². The Labute approximate surface area is 107 Å². The van der Waals surface area contributed by atoms with E-state index in [0.29, 0.717) is 4.77 Å². The maximum absolute atomic E-state index is 5.11. The maximum atomic E-state index is 5.11. The number of aromatic nitrogens is 3. The van der Waals surface area contributed by atoms with Crippen LogP contribution in [0.5, 0.6) is 0 Å². The second-order valence-electron chi connectivity index (χ2n) is 3.69. The summed E-state index contributed by atoms with van der Waals surface area (Å²) in [5.41, 5.74) is 2.18. The van der Waals surface area contributed by atoms with E-state index in [1.165, 1.54) is 0 Å². The monoisotopic (exact) mass is 259 g/mol. The van der Waals surface area contributed by atoms with Crippen molar-refractivity contribution in [2.24, 2.45) is 0 Å². The van der Waals surface area contributed by atoms with Gasteiger partial charge in [0.25, 0.3) is 0 Å². The molecule has 84 valence electrons. The zero-order valence-electron chi connectivity index (χ0n) is 9.12. The SMILES string of the molecule is Cc1csc2nc(=S)nc(-c3ccccc3)n12. The number of nitrogens with zero attached hydrogens (tertiary/aromatic N) is 3. The van der Waals surface area contributed by atoms with E-state index < -0.39 is 0 Å². The Morgan fingerprint density at radius 2 is 1.94 bits per heavy atom. The molecule has 0 aliphatic carbocycles. The summed E-state index contributed by atoms with van der Waals surface area (Å²) in [6.45, 7) is 2.04. The molecule has 0 bridgehead atoms. The molecule has 0 unspecified atom stereocenters. The van der Waals surface area contributed by atoms with Crippen LogP contribution in [-0.2, 0) is 0 Å². The molecule has 0 aliphatic rings. The Balaban J connectivity index is 2.43. The lowest BCUT2D eigenvalue weighted by Crippen LogP contribution is -1.99. The molecular weight excluding hydrogens is 250 g/mol. The van der Waals surface area contributed by atoms with Crippen molar-refractivity contribution in [2.75, 3.05) is 0 Å². The lowest BCUT2D eigenvalue weighted by Gasteiger charge is -2.05. The lowest BCUT2D eigenvalue weighted by molar-refractivity contribution is 0.992. The van der Waals surface area contributed by atoms with Gasteiger partial charge < -0.3 is 0 Å². The van der Waals surface area contributed by atoms with Gasteiger partial charge in [-0.25, -0.2) is 0 Å². The minimum Gasteiger partial charge on any atom is -0.273 e. The van der Waals surface area contributed by atoms with Crippen LogP contribution in [0.2, 0.25) is 0 Å². The normalized spacial score (nSPS) is 10.9. The molecule has 1 aromatic carbocycles. The Morgan fingerprint density at radius 1 is 1.18 bits per heavy atom. The van der Waals surface area contributed by atoms with Crippen LogP contribution in [0.3, 0.4) is 0 Å². The van der Waals surface area contributed by atoms with Crippen LogP contribution >= 0.6 is 23.6 Å². The van der Waals surface area contributed by atoms with Gasteiger partial charge in [-0.05, 0) is 19.1 Å². The van der Waals surface area contributed by atoms with Gasteiger partial charge in [-0.1, -0.05) is 30.3 Å². The van der Waals surface area contributed by atoms with E-state index >= 15 is 0 Å². The van der Waals surface area contributed by atoms with Crippen LogP contribution in [0.15, 0.2) is 35.7 Å². The van der Waals surface area contributed by atoms with Gasteiger partial charge in [-0.15, -0.1) is 11.3 Å². The smallest absolute Gasteiger partial charge is 0.223 e. The highest BCUT2D eigenvalue weighted by atomic mass is 32.1. The minimum absolute atomic E-state index is 0.394. The van der Waals surface area contributed by atoms with Crippen molar-refractivity contribution in [3.63, 3.8) is 0 Å². The fourth-order valence-corrected chi connectivity index (χ4v) is 2.84. The van der Waals surface area contributed by atoms with Crippen LogP contribution in [0, 0.1) is 11.7 Å². The second-order valence-corrected chi connectivity index (χ2v) is 4.89. The van der Waals surface area contributed by atoms with Crippen molar-refractivity contribution in [3.05, 3.63) is 46.2 Å². The molecule has 0 aliphatic heterocycles. The standard InChI is InChI=1S/C12H9N3S2/c1-8-7-17-12-14-11(16)13-10(15(8)12)9-5-3-2-4-6-9/h2-7H,1H3. The predicted molar refractivity (Wildman–Crippen MR) is 71.9 cm³/mol. The van der Waals surface area contributed by atoms with Crippen LogP contribution < -0.4 is 0 Å². The largest absolute Gasteiger partial charge is 0.273 e. The molecule has 2 heterocycles. The van der Waals surface area contributed by atoms with Gasteiger partial charge in [-0.2, -0.15) is 9.97 Å². The molecule has 0 fully saturated rings. The highest BCUT2D eigenvalue weighted by Gasteiger charge is 2.09. The summed E-state index contributed by atoms with van der Waals surface area (Å²) in [6, 6.07) is 10.0. The molecule has 0 atom stereocenters. The number of aryl methyl sites for hydroxylation is 1. The highest BCUT2D eigenvalue weighted by Crippen LogP contribution is 2.22. The van der Waals surface area contributed by atoms with E-state index in [-0.39, 0.29) is 0 Å². The lowest BCUT2D eigenvalue weighted by atomic mass is 10.2. The van der Waals surface area contributed by atoms with Crippen molar-refractivity contribution >= 4 is 28.5 Å². The van der Waals surface area contributed by atoms with Crippen molar-refractivity contribution in [1.29, 1.82) is 0 Å². The first-order valence-electron chi connectivity index (χ1n) is 5.16. The van der Waals surface area contributed by atoms with Gasteiger partial charge in [0.2, 0.25) is 4.77 Å². The average molecular weight is 259 g/mol. The molecule has 5 heteroatoms. The molecule has 0 radical (unpaired) electrons. The van der Waals surface area contributed by atoms with Gasteiger partial charge in [0.15, 0.2) is 4.96 Å². The number of rotatable bonds is 1. The van der Waals surface area contributed by atoms with Crippen LogP contribution in [0.4, 0.5) is 0 Å². The first-order valence-corrected chi connectivity index (χ1v) is 6.45. The third kappa shape index (κ3) is 1.77. The summed E-state index contributed by atoms with van der Waals surface area (Å²) < 4.78 is 2.43. The van der Waals surface area contributed by atoms with Crippen molar-refractivity contribution in [1.82, 2.24) is 14.4 Å². The number of hydrogen-bond acceptors (Lipinski definition) is 4. The molecule has 0 saturated carbocycles. The van der Waals surface area contributed by atoms with Gasteiger partial charge in [-0.3, -0.25) is 4.40 Å². The molecular formula is C12H9N3S2. The van der Waals surface area contributed by atoms with Gasteiger partial charge >= 0.3 is 0 Å². The first kappa shape index (κ1) is 10.6. The highest BCUT2D eigenvalue weighted by molar-refractivity contribution is 7.71. The van der Waals surface area contributed by atoms with E-state index in [4.69, 9.17) is 12.2 Å². The molecule has 3 nitrogen and oxygen atoms in total. The third-order valence-electron chi connectivity index (χ3n) is 2.52. The fourth-order valence-electron chi connectivity index (χ4n) is 1.76. The quantitative estimate of drug-likeness (QED) is 0.627. The second kappa shape index (κ2) is 4.01. The number of thiazole rings is 1. The van der Waals surface area contributed by atoms with Crippen molar-refractivity contribution < 1.29 is 0 Å². The summed E-state index contributed by atoms with van der Waals surface area (Å²) in [4.78, 5) is 9.54. The number of hydrogen-bond donors (Lipinski definition) is 0. The third-order valence-corrected chi connectivity index (χ3v) is 3.64. The summed E-state index contributed by atoms with van der Waals surface area (Å²) in [6.07, 6.45) is 0. The topological polar surface area (TPSA) is 30.2 Å². The molecule has 0 amide bonds. The Hall–Kier alpha value is -1.59. The zero-order valence-corrected chi connectivity index (χ0v) is 10.8. The average Bonchev–Trinajstić information content (AvgIpc) is 2.71. The van der Waals surface area contributed by atoms with E-state index in [1.807, 2.05) is 41.7 Å². The van der Waals surface area contributed by atoms with Crippen molar-refractivity contribution in [3.8, 4) is 11.4 Å². The number of benzene rings is 1. The minimum atomic E-state index is 0.394. The maximum Gasteiger partial charge on any atom is 0.223 e. The Kier molecular flexibility index (Phi) is 2.49. The zero-order chi connectivity index (χ0) is 11.8. The molecule has 0 spiro atoms. The summed E-state index contributed by atoms with van der Waals surface area (Å²) in [5.74, 6) is 0.861. The van der Waals surface area contributed by atoms with E-state index in [2.05, 4.69) is 15.3 Å². The molecule has 17 heavy (non-hydrogen) atoms. The molecule has 3 aromatic rings. The first-order chi connectivity index (χ1) is 8.25. The molecule has 3 rings (SSSR count). The summed E-state index contributed by atoms with van der Waals surface area (Å²) in [7, 11) is 0. The Bertz CT molecular complexity index is 728. The van der Waals surface area contributed by atoms with Crippen molar-refractivity contribution in [2.45, 2.75) is 6.92 Å². The van der Waals surface area contributed by atoms with E-state index in [1.54, 1.807) is 11.3 Å². The van der Waals surface area contributed by atoms with E-state index in [9.17, 15) is 0 Å². The molecule has 2 aromatic heterocycles. The number of fused-ring (bicyclic) bond motifs is 1. The van der Waals surface area contributed by atoms with Gasteiger partial charge in [0, 0.05) is 16.6 Å². The fraction of sp³-hybridized carbons (Fsp3) is 0.0833. The summed E-state index contributed by atoms with van der Waals surface area (Å²) >= 11 is 6.69. The van der Waals surface area contributed by atoms with Crippen LogP contribution in [0.25, 0.3) is 16.3 Å². The van der Waals surface area contributed by atoms with Gasteiger partial charge in [0.05, 0.1) is 0 Å². The molecule has 0 N–H and O–H groups in total. The van der Waals surface area contributed by atoms with E-state index in [0.717, 1.165) is 22.0 Å². The van der Waals surface area contributed by atoms with Crippen LogP contribution in [-0.4, -0.2) is 14.4 Å². The molecule has 0 saturated heterocycles.